The molecule has 0 bridgehead atoms. The van der Waals surface area contributed by atoms with Crippen LogP contribution in [-0.4, -0.2) is 19.0 Å². The lowest BCUT2D eigenvalue weighted by Gasteiger charge is -2.25. The highest BCUT2D eigenvalue weighted by Crippen LogP contribution is 2.10. The van der Waals surface area contributed by atoms with E-state index in [4.69, 9.17) is 0 Å². The first kappa shape index (κ1) is 14.0. The molecule has 1 aromatic rings. The van der Waals surface area contributed by atoms with Crippen molar-refractivity contribution in [2.45, 2.75) is 20.4 Å². The van der Waals surface area contributed by atoms with E-state index >= 15 is 0 Å². The highest BCUT2D eigenvalue weighted by atomic mass is 35.5. The predicted octanol–water partition coefficient (Wildman–Crippen LogP) is 1.56. The number of hydrogen-bond donors (Lipinski definition) is 2. The summed E-state index contributed by atoms with van der Waals surface area (Å²) in [6.45, 7) is 6.44. The molecule has 17 heavy (non-hydrogen) atoms. The fraction of sp³-hybridized carbons (Fsp3) is 0.462. The molecule has 0 aromatic heterocycles. The summed E-state index contributed by atoms with van der Waals surface area (Å²) in [5.41, 5.74) is 3.70. The zero-order chi connectivity index (χ0) is 11.5. The summed E-state index contributed by atoms with van der Waals surface area (Å²) in [6, 6.07) is 6.32. The standard InChI is InChI=1S/C13H18N2O.ClH/c1-9-3-4-11(10(2)5-9)8-15-13(16)12-6-14-7-12;/h3-5,12,14H,6-8H2,1-2H3,(H,15,16);1H. The van der Waals surface area contributed by atoms with Gasteiger partial charge in [-0.1, -0.05) is 23.8 Å². The molecule has 1 aromatic carbocycles. The average molecular weight is 255 g/mol. The molecule has 0 atom stereocenters. The van der Waals surface area contributed by atoms with Crippen LogP contribution in [-0.2, 0) is 11.3 Å². The van der Waals surface area contributed by atoms with Gasteiger partial charge < -0.3 is 10.6 Å². The van der Waals surface area contributed by atoms with E-state index in [1.54, 1.807) is 0 Å². The van der Waals surface area contributed by atoms with Gasteiger partial charge in [0.05, 0.1) is 5.92 Å². The predicted molar refractivity (Wildman–Crippen MR) is 71.4 cm³/mol. The van der Waals surface area contributed by atoms with Gasteiger partial charge >= 0.3 is 0 Å². The topological polar surface area (TPSA) is 41.1 Å². The summed E-state index contributed by atoms with van der Waals surface area (Å²) in [4.78, 5) is 11.6. The molecule has 3 nitrogen and oxygen atoms in total. The Hall–Kier alpha value is -1.06. The SMILES string of the molecule is Cc1ccc(CNC(=O)C2CNC2)c(C)c1.Cl. The molecule has 1 aliphatic heterocycles. The zero-order valence-electron chi connectivity index (χ0n) is 10.2. The third kappa shape index (κ3) is 3.45. The molecule has 0 radical (unpaired) electrons. The van der Waals surface area contributed by atoms with Crippen LogP contribution in [0.15, 0.2) is 18.2 Å². The Bertz CT molecular complexity index is 402. The van der Waals surface area contributed by atoms with Gasteiger partial charge in [0.1, 0.15) is 0 Å². The minimum atomic E-state index is 0. The van der Waals surface area contributed by atoms with E-state index in [1.807, 2.05) is 0 Å². The number of rotatable bonds is 3. The molecule has 94 valence electrons. The second-order valence-electron chi connectivity index (χ2n) is 4.50. The molecule has 0 aliphatic carbocycles. The second-order valence-corrected chi connectivity index (χ2v) is 4.50. The van der Waals surface area contributed by atoms with Crippen LogP contribution in [0.5, 0.6) is 0 Å². The Kier molecular flexibility index (Phi) is 4.97. The quantitative estimate of drug-likeness (QED) is 0.860. The van der Waals surface area contributed by atoms with Crippen LogP contribution in [0, 0.1) is 19.8 Å². The molecule has 1 amide bonds. The fourth-order valence-corrected chi connectivity index (χ4v) is 1.84. The molecule has 2 N–H and O–H groups in total. The normalized spacial score (nSPS) is 14.7. The number of hydrogen-bond acceptors (Lipinski definition) is 2. The molecule has 0 unspecified atom stereocenters. The summed E-state index contributed by atoms with van der Waals surface area (Å²) in [7, 11) is 0. The smallest absolute Gasteiger partial charge is 0.225 e. The minimum Gasteiger partial charge on any atom is -0.352 e. The lowest BCUT2D eigenvalue weighted by Crippen LogP contribution is -2.50. The average Bonchev–Trinajstić information content (AvgIpc) is 2.13. The van der Waals surface area contributed by atoms with E-state index in [-0.39, 0.29) is 24.2 Å². The number of benzene rings is 1. The van der Waals surface area contributed by atoms with Crippen molar-refractivity contribution in [1.29, 1.82) is 0 Å². The van der Waals surface area contributed by atoms with Crippen LogP contribution in [0.2, 0.25) is 0 Å². The van der Waals surface area contributed by atoms with E-state index in [1.165, 1.54) is 16.7 Å². The van der Waals surface area contributed by atoms with Crippen molar-refractivity contribution in [1.82, 2.24) is 10.6 Å². The van der Waals surface area contributed by atoms with E-state index in [0.717, 1.165) is 13.1 Å². The van der Waals surface area contributed by atoms with Crippen molar-refractivity contribution in [3.05, 3.63) is 34.9 Å². The van der Waals surface area contributed by atoms with Crippen molar-refractivity contribution >= 4 is 18.3 Å². The first-order chi connectivity index (χ1) is 7.66. The van der Waals surface area contributed by atoms with Crippen molar-refractivity contribution < 1.29 is 4.79 Å². The number of halogens is 1. The molecule has 1 heterocycles. The summed E-state index contributed by atoms with van der Waals surface area (Å²) in [6.07, 6.45) is 0. The van der Waals surface area contributed by atoms with Crippen LogP contribution < -0.4 is 10.6 Å². The minimum absolute atomic E-state index is 0. The number of carbonyl (C=O) groups is 1. The monoisotopic (exact) mass is 254 g/mol. The van der Waals surface area contributed by atoms with Crippen molar-refractivity contribution in [3.8, 4) is 0 Å². The van der Waals surface area contributed by atoms with Crippen molar-refractivity contribution in [2.24, 2.45) is 5.92 Å². The van der Waals surface area contributed by atoms with Crippen LogP contribution in [0.4, 0.5) is 0 Å². The van der Waals surface area contributed by atoms with Crippen molar-refractivity contribution in [3.63, 3.8) is 0 Å². The van der Waals surface area contributed by atoms with Gasteiger partial charge in [-0.2, -0.15) is 0 Å². The third-order valence-corrected chi connectivity index (χ3v) is 3.10. The van der Waals surface area contributed by atoms with E-state index < -0.39 is 0 Å². The van der Waals surface area contributed by atoms with Gasteiger partial charge in [0.25, 0.3) is 0 Å². The Balaban J connectivity index is 0.00000144. The van der Waals surface area contributed by atoms with E-state index in [2.05, 4.69) is 42.7 Å². The first-order valence-electron chi connectivity index (χ1n) is 5.71. The molecule has 4 heteroatoms. The molecule has 1 fully saturated rings. The zero-order valence-corrected chi connectivity index (χ0v) is 11.1. The maximum Gasteiger partial charge on any atom is 0.225 e. The van der Waals surface area contributed by atoms with Gasteiger partial charge in [-0.05, 0) is 25.0 Å². The highest BCUT2D eigenvalue weighted by molar-refractivity contribution is 5.85. The number of amides is 1. The third-order valence-electron chi connectivity index (χ3n) is 3.10. The van der Waals surface area contributed by atoms with Gasteiger partial charge in [0.2, 0.25) is 5.91 Å². The Morgan fingerprint density at radius 3 is 2.65 bits per heavy atom. The molecule has 0 saturated carbocycles. The van der Waals surface area contributed by atoms with Gasteiger partial charge in [-0.15, -0.1) is 12.4 Å². The lowest BCUT2D eigenvalue weighted by atomic mass is 10.0. The van der Waals surface area contributed by atoms with Crippen LogP contribution >= 0.6 is 12.4 Å². The van der Waals surface area contributed by atoms with E-state index in [0.29, 0.717) is 6.54 Å². The van der Waals surface area contributed by atoms with Gasteiger partial charge in [0, 0.05) is 19.6 Å². The maximum atomic E-state index is 11.6. The highest BCUT2D eigenvalue weighted by Gasteiger charge is 2.24. The van der Waals surface area contributed by atoms with Crippen LogP contribution in [0.25, 0.3) is 0 Å². The van der Waals surface area contributed by atoms with Crippen LogP contribution in [0.3, 0.4) is 0 Å². The Labute approximate surface area is 108 Å². The lowest BCUT2D eigenvalue weighted by molar-refractivity contribution is -0.126. The number of nitrogens with one attached hydrogen (secondary N) is 2. The van der Waals surface area contributed by atoms with Gasteiger partial charge in [-0.3, -0.25) is 4.79 Å². The fourth-order valence-electron chi connectivity index (χ4n) is 1.84. The molecule has 0 spiro atoms. The van der Waals surface area contributed by atoms with Crippen LogP contribution in [0.1, 0.15) is 16.7 Å². The number of carbonyl (C=O) groups excluding carboxylic acids is 1. The molecule has 1 saturated heterocycles. The largest absolute Gasteiger partial charge is 0.352 e. The Morgan fingerprint density at radius 1 is 1.41 bits per heavy atom. The first-order valence-corrected chi connectivity index (χ1v) is 5.71. The molecule has 2 rings (SSSR count). The molecule has 1 aliphatic rings. The van der Waals surface area contributed by atoms with Crippen molar-refractivity contribution in [2.75, 3.05) is 13.1 Å². The van der Waals surface area contributed by atoms with E-state index in [9.17, 15) is 4.79 Å². The second kappa shape index (κ2) is 6.03. The Morgan fingerprint density at radius 2 is 2.12 bits per heavy atom. The maximum absolute atomic E-state index is 11.6. The summed E-state index contributed by atoms with van der Waals surface area (Å²) in [5, 5.41) is 6.08. The van der Waals surface area contributed by atoms with Gasteiger partial charge in [0.15, 0.2) is 0 Å². The summed E-state index contributed by atoms with van der Waals surface area (Å²) in [5.74, 6) is 0.337. The number of aryl methyl sites for hydroxylation is 2. The summed E-state index contributed by atoms with van der Waals surface area (Å²) >= 11 is 0. The molecular weight excluding hydrogens is 236 g/mol. The van der Waals surface area contributed by atoms with Gasteiger partial charge in [-0.25, -0.2) is 0 Å². The molecular formula is C13H19ClN2O. The summed E-state index contributed by atoms with van der Waals surface area (Å²) < 4.78 is 0.